The second kappa shape index (κ2) is 8.13. The lowest BCUT2D eigenvalue weighted by molar-refractivity contribution is 0.575. The molecule has 0 N–H and O–H groups in total. The quantitative estimate of drug-likeness (QED) is 0.251. The summed E-state index contributed by atoms with van der Waals surface area (Å²) in [6.07, 6.45) is 0. The molecule has 4 rings (SSSR count). The van der Waals surface area contributed by atoms with Crippen LogP contribution < -0.4 is 0 Å². The summed E-state index contributed by atoms with van der Waals surface area (Å²) in [5.74, 6) is 0. The predicted molar refractivity (Wildman–Crippen MR) is 126 cm³/mol. The molecular formula is C26H29N2P. The minimum Gasteiger partial charge on any atom is -0.324 e. The van der Waals surface area contributed by atoms with Gasteiger partial charge in [0.15, 0.2) is 0 Å². The molecule has 0 spiro atoms. The second-order valence-electron chi connectivity index (χ2n) is 8.08. The third-order valence-corrected chi connectivity index (χ3v) is 8.34. The van der Waals surface area contributed by atoms with E-state index < -0.39 is 8.07 Å². The van der Waals surface area contributed by atoms with Crippen LogP contribution in [0.1, 0.15) is 44.4 Å². The Morgan fingerprint density at radius 3 is 1.34 bits per heavy atom. The molecule has 1 aliphatic heterocycles. The zero-order chi connectivity index (χ0) is 20.4. The summed E-state index contributed by atoms with van der Waals surface area (Å²) >= 11 is 0. The SMILES string of the molecule is CC(C)N=C1N(C(C)C)P1C(c1ccccc1)(c1ccccc1)c1ccccc1. The number of aliphatic imine (C=N–C) groups is 1. The van der Waals surface area contributed by atoms with Crippen molar-refractivity contribution in [3.05, 3.63) is 108 Å². The highest BCUT2D eigenvalue weighted by atomic mass is 31.1. The Morgan fingerprint density at radius 1 is 0.655 bits per heavy atom. The van der Waals surface area contributed by atoms with E-state index in [2.05, 4.69) is 123 Å². The fourth-order valence-electron chi connectivity index (χ4n) is 4.17. The maximum atomic E-state index is 5.09. The van der Waals surface area contributed by atoms with Crippen LogP contribution in [0.25, 0.3) is 0 Å². The Balaban J connectivity index is 2.04. The maximum Gasteiger partial charge on any atom is 0.149 e. The lowest BCUT2D eigenvalue weighted by Crippen LogP contribution is -2.26. The lowest BCUT2D eigenvalue weighted by atomic mass is 9.84. The van der Waals surface area contributed by atoms with Gasteiger partial charge in [0.05, 0.1) is 13.2 Å². The van der Waals surface area contributed by atoms with Crippen LogP contribution in [0.2, 0.25) is 0 Å². The second-order valence-corrected chi connectivity index (χ2v) is 10.2. The molecule has 0 bridgehead atoms. The van der Waals surface area contributed by atoms with Crippen molar-refractivity contribution >= 4 is 13.6 Å². The zero-order valence-electron chi connectivity index (χ0n) is 17.7. The first kappa shape index (κ1) is 19.9. The summed E-state index contributed by atoms with van der Waals surface area (Å²) in [5, 5.41) is -0.239. The Morgan fingerprint density at radius 2 is 1.03 bits per heavy atom. The van der Waals surface area contributed by atoms with Gasteiger partial charge < -0.3 is 4.67 Å². The Hall–Kier alpha value is -2.44. The van der Waals surface area contributed by atoms with Gasteiger partial charge in [-0.05, 0) is 44.4 Å². The zero-order valence-corrected chi connectivity index (χ0v) is 18.6. The molecular weight excluding hydrogens is 371 g/mol. The van der Waals surface area contributed by atoms with Crippen LogP contribution in [0.3, 0.4) is 0 Å². The van der Waals surface area contributed by atoms with Crippen LogP contribution in [0.15, 0.2) is 96.0 Å². The largest absolute Gasteiger partial charge is 0.324 e. The summed E-state index contributed by atoms with van der Waals surface area (Å²) in [6.45, 7) is 8.91. The van der Waals surface area contributed by atoms with E-state index in [4.69, 9.17) is 4.99 Å². The van der Waals surface area contributed by atoms with Crippen LogP contribution in [0, 0.1) is 0 Å². The minimum absolute atomic E-state index is 0.239. The normalized spacial score (nSPS) is 17.9. The van der Waals surface area contributed by atoms with Gasteiger partial charge in [0, 0.05) is 12.1 Å². The van der Waals surface area contributed by atoms with E-state index in [1.807, 2.05) is 0 Å². The van der Waals surface area contributed by atoms with Gasteiger partial charge in [0.2, 0.25) is 0 Å². The van der Waals surface area contributed by atoms with Crippen molar-refractivity contribution in [2.75, 3.05) is 0 Å². The molecule has 148 valence electrons. The Labute approximate surface area is 176 Å². The van der Waals surface area contributed by atoms with Crippen LogP contribution in [0.4, 0.5) is 0 Å². The molecule has 3 heteroatoms. The van der Waals surface area contributed by atoms with Gasteiger partial charge in [-0.15, -0.1) is 0 Å². The van der Waals surface area contributed by atoms with Crippen LogP contribution in [0.5, 0.6) is 0 Å². The number of hydrogen-bond acceptors (Lipinski definition) is 1. The molecule has 2 nitrogen and oxygen atoms in total. The van der Waals surface area contributed by atoms with Crippen molar-refractivity contribution in [1.29, 1.82) is 0 Å². The summed E-state index contributed by atoms with van der Waals surface area (Å²) < 4.78 is 2.56. The average molecular weight is 401 g/mol. The van der Waals surface area contributed by atoms with Crippen molar-refractivity contribution in [3.8, 4) is 0 Å². The van der Waals surface area contributed by atoms with Crippen LogP contribution in [-0.4, -0.2) is 22.3 Å². The fourth-order valence-corrected chi connectivity index (χ4v) is 7.49. The van der Waals surface area contributed by atoms with Crippen molar-refractivity contribution < 1.29 is 0 Å². The molecule has 0 radical (unpaired) electrons. The summed E-state index contributed by atoms with van der Waals surface area (Å²) in [7, 11) is -0.642. The number of nitrogens with zero attached hydrogens (tertiary/aromatic N) is 2. The monoisotopic (exact) mass is 400 g/mol. The smallest absolute Gasteiger partial charge is 0.149 e. The molecule has 3 aromatic rings. The van der Waals surface area contributed by atoms with Crippen molar-refractivity contribution in [3.63, 3.8) is 0 Å². The highest BCUT2D eigenvalue weighted by molar-refractivity contribution is 7.85. The van der Waals surface area contributed by atoms with Gasteiger partial charge in [-0.1, -0.05) is 91.0 Å². The first-order valence-electron chi connectivity index (χ1n) is 10.4. The molecule has 0 aliphatic carbocycles. The predicted octanol–water partition coefficient (Wildman–Crippen LogP) is 6.86. The first-order valence-corrected chi connectivity index (χ1v) is 11.7. The number of benzene rings is 3. The Kier molecular flexibility index (Phi) is 5.56. The molecule has 0 aromatic heterocycles. The van der Waals surface area contributed by atoms with Crippen molar-refractivity contribution in [2.24, 2.45) is 4.99 Å². The third-order valence-electron chi connectivity index (χ3n) is 5.33. The van der Waals surface area contributed by atoms with Gasteiger partial charge in [-0.25, -0.2) is 0 Å². The van der Waals surface area contributed by atoms with Gasteiger partial charge in [0.25, 0.3) is 0 Å². The molecule has 1 fully saturated rings. The van der Waals surface area contributed by atoms with E-state index in [-0.39, 0.29) is 5.16 Å². The average Bonchev–Trinajstić information content (AvgIpc) is 3.44. The van der Waals surface area contributed by atoms with Gasteiger partial charge in [-0.3, -0.25) is 4.99 Å². The van der Waals surface area contributed by atoms with Crippen LogP contribution >= 0.6 is 8.07 Å². The van der Waals surface area contributed by atoms with E-state index >= 15 is 0 Å². The van der Waals surface area contributed by atoms with Crippen molar-refractivity contribution in [2.45, 2.75) is 44.9 Å². The molecule has 0 saturated carbocycles. The topological polar surface area (TPSA) is 15.4 Å². The number of amidine groups is 1. The minimum atomic E-state index is -0.642. The highest BCUT2D eigenvalue weighted by Gasteiger charge is 2.60. The number of rotatable bonds is 6. The van der Waals surface area contributed by atoms with Gasteiger partial charge in [-0.2, -0.15) is 0 Å². The highest BCUT2D eigenvalue weighted by Crippen LogP contribution is 2.77. The summed E-state index contributed by atoms with van der Waals surface area (Å²) in [5.41, 5.74) is 5.29. The third kappa shape index (κ3) is 3.51. The first-order chi connectivity index (χ1) is 14.1. The van der Waals surface area contributed by atoms with E-state index in [1.165, 1.54) is 22.3 Å². The molecule has 1 atom stereocenters. The standard InChI is InChI=1S/C26H29N2P/c1-20(2)27-25-28(21(3)4)29(25)26(22-14-8-5-9-15-22,23-16-10-6-11-17-23)24-18-12-7-13-19-24/h5-21H,1-4H3. The fraction of sp³-hybridized carbons (Fsp3) is 0.269. The molecule has 1 unspecified atom stereocenters. The molecule has 29 heavy (non-hydrogen) atoms. The molecule has 1 saturated heterocycles. The molecule has 1 aliphatic rings. The van der Waals surface area contributed by atoms with Gasteiger partial charge >= 0.3 is 0 Å². The number of hydrogen-bond donors (Lipinski definition) is 0. The molecule has 0 amide bonds. The summed E-state index contributed by atoms with van der Waals surface area (Å²) in [6, 6.07) is 33.7. The summed E-state index contributed by atoms with van der Waals surface area (Å²) in [4.78, 5) is 5.09. The Bertz CT molecular complexity index is 869. The van der Waals surface area contributed by atoms with E-state index in [0.717, 1.165) is 0 Å². The van der Waals surface area contributed by atoms with Crippen molar-refractivity contribution in [1.82, 2.24) is 4.67 Å². The molecule has 1 heterocycles. The maximum absolute atomic E-state index is 5.09. The molecule has 3 aromatic carbocycles. The van der Waals surface area contributed by atoms with Gasteiger partial charge in [0.1, 0.15) is 5.58 Å². The van der Waals surface area contributed by atoms with E-state index in [1.54, 1.807) is 0 Å². The van der Waals surface area contributed by atoms with E-state index in [0.29, 0.717) is 12.1 Å². The van der Waals surface area contributed by atoms with E-state index in [9.17, 15) is 0 Å². The van der Waals surface area contributed by atoms with Crippen LogP contribution in [-0.2, 0) is 5.16 Å². The lowest BCUT2D eigenvalue weighted by Gasteiger charge is -2.35.